The average molecular weight is 371 g/mol. The first-order valence-electron chi connectivity index (χ1n) is 8.51. The highest BCUT2D eigenvalue weighted by Gasteiger charge is 2.29. The Kier molecular flexibility index (Phi) is 4.65. The number of hydrogen-bond acceptors (Lipinski definition) is 4. The van der Waals surface area contributed by atoms with Gasteiger partial charge in [0.2, 0.25) is 0 Å². The molecule has 0 atom stereocenters. The van der Waals surface area contributed by atoms with Crippen LogP contribution in [0.1, 0.15) is 29.9 Å². The van der Waals surface area contributed by atoms with Crippen molar-refractivity contribution < 1.29 is 19.4 Å². The molecule has 2 aromatic heterocycles. The van der Waals surface area contributed by atoms with Crippen LogP contribution in [0.5, 0.6) is 5.88 Å². The van der Waals surface area contributed by atoms with Gasteiger partial charge in [0.15, 0.2) is 5.69 Å². The Morgan fingerprint density at radius 3 is 2.70 bits per heavy atom. The summed E-state index contributed by atoms with van der Waals surface area (Å²) in [5, 5.41) is 22.8. The summed E-state index contributed by atoms with van der Waals surface area (Å²) in [5.41, 5.74) is 0.957. The third-order valence-corrected chi connectivity index (χ3v) is 4.51. The van der Waals surface area contributed by atoms with Gasteiger partial charge in [-0.15, -0.1) is 4.73 Å². The molecule has 2 N–H and O–H groups in total. The van der Waals surface area contributed by atoms with Crippen LogP contribution < -0.4 is 15.0 Å². The molecule has 0 amide bonds. The second-order valence-electron chi connectivity index (χ2n) is 6.80. The first-order chi connectivity index (χ1) is 12.8. The number of methoxy groups -OCH3 is 1. The van der Waals surface area contributed by atoms with Crippen molar-refractivity contribution in [3.8, 4) is 17.1 Å². The van der Waals surface area contributed by atoms with Gasteiger partial charge in [-0.05, 0) is 18.1 Å². The molecule has 0 bridgehead atoms. The van der Waals surface area contributed by atoms with E-state index in [1.165, 1.54) is 17.7 Å². The number of nitrogens with zero attached hydrogens (tertiary/aromatic N) is 2. The first-order valence-corrected chi connectivity index (χ1v) is 8.51. The fourth-order valence-corrected chi connectivity index (χ4v) is 3.33. The van der Waals surface area contributed by atoms with Crippen molar-refractivity contribution in [3.05, 3.63) is 51.2 Å². The zero-order valence-corrected chi connectivity index (χ0v) is 15.6. The summed E-state index contributed by atoms with van der Waals surface area (Å²) >= 11 is 0. The molecule has 0 aliphatic heterocycles. The van der Waals surface area contributed by atoms with E-state index in [1.807, 2.05) is 13.8 Å². The van der Waals surface area contributed by atoms with Gasteiger partial charge in [-0.3, -0.25) is 9.36 Å². The number of hydrogen-bond donors (Lipinski definition) is 2. The van der Waals surface area contributed by atoms with E-state index in [-0.39, 0.29) is 28.7 Å². The van der Waals surface area contributed by atoms with E-state index in [1.54, 1.807) is 25.4 Å². The summed E-state index contributed by atoms with van der Waals surface area (Å²) in [7, 11) is 2.90. The molecule has 1 aromatic carbocycles. The second-order valence-corrected chi connectivity index (χ2v) is 6.80. The standard InChI is InChI=1S/C19H21N3O5/c1-10(2)8-14-17(23)21(3)16(18(27-4)22(14)26)12-9-20-13-7-5-6-11(15(12)13)19(24)25/h5-7,9-10,20H,8H2,1-4H3,(H,24,25). The highest BCUT2D eigenvalue weighted by atomic mass is 16.5. The molecule has 0 saturated carbocycles. The van der Waals surface area contributed by atoms with Crippen LogP contribution in [-0.4, -0.2) is 27.7 Å². The lowest BCUT2D eigenvalue weighted by Gasteiger charge is -2.16. The van der Waals surface area contributed by atoms with Crippen LogP contribution in [-0.2, 0) is 13.5 Å². The van der Waals surface area contributed by atoms with Gasteiger partial charge in [-0.2, -0.15) is 0 Å². The Bertz CT molecular complexity index is 1090. The van der Waals surface area contributed by atoms with Crippen molar-refractivity contribution in [2.24, 2.45) is 13.0 Å². The maximum atomic E-state index is 12.8. The smallest absolute Gasteiger partial charge is 0.404 e. The van der Waals surface area contributed by atoms with Gasteiger partial charge >= 0.3 is 17.4 Å². The summed E-state index contributed by atoms with van der Waals surface area (Å²) in [5.74, 6) is -1.04. The Balaban J connectivity index is 2.41. The third kappa shape index (κ3) is 2.92. The van der Waals surface area contributed by atoms with E-state index in [2.05, 4.69) is 4.98 Å². The number of rotatable bonds is 5. The summed E-state index contributed by atoms with van der Waals surface area (Å²) in [4.78, 5) is 27.5. The Morgan fingerprint density at radius 1 is 1.41 bits per heavy atom. The van der Waals surface area contributed by atoms with Gasteiger partial charge in [0.25, 0.3) is 5.69 Å². The molecule has 8 heteroatoms. The third-order valence-electron chi connectivity index (χ3n) is 4.51. The monoisotopic (exact) mass is 371 g/mol. The molecule has 142 valence electrons. The van der Waals surface area contributed by atoms with Gasteiger partial charge in [0.05, 0.1) is 12.7 Å². The van der Waals surface area contributed by atoms with Crippen LogP contribution in [0.25, 0.3) is 22.2 Å². The van der Waals surface area contributed by atoms with Crippen LogP contribution in [0.4, 0.5) is 0 Å². The quantitative estimate of drug-likeness (QED) is 0.527. The average Bonchev–Trinajstić information content (AvgIpc) is 3.05. The van der Waals surface area contributed by atoms with Crippen LogP contribution in [0.3, 0.4) is 0 Å². The molecule has 3 rings (SSSR count). The molecular weight excluding hydrogens is 350 g/mol. The minimum Gasteiger partial charge on any atom is -0.616 e. The predicted octanol–water partition coefficient (Wildman–Crippen LogP) is 2.07. The Hall–Kier alpha value is -3.29. The number of fused-ring (bicyclic) bond motifs is 1. The zero-order chi connectivity index (χ0) is 19.9. The molecule has 27 heavy (non-hydrogen) atoms. The number of aromatic amines is 1. The van der Waals surface area contributed by atoms with Gasteiger partial charge in [-0.25, -0.2) is 4.79 Å². The molecule has 0 aliphatic carbocycles. The van der Waals surface area contributed by atoms with Gasteiger partial charge in [0, 0.05) is 36.1 Å². The van der Waals surface area contributed by atoms with E-state index in [0.717, 1.165) is 0 Å². The SMILES string of the molecule is COc1c(-c2c[nH]c3cccc(C(=O)O)c23)n(C)c(=O)c(CC(C)C)[n+]1[O-]. The minimum absolute atomic E-state index is 0.0474. The Labute approximate surface area is 155 Å². The van der Waals surface area contributed by atoms with E-state index in [0.29, 0.717) is 27.6 Å². The predicted molar refractivity (Wildman–Crippen MR) is 100.0 cm³/mol. The summed E-state index contributed by atoms with van der Waals surface area (Å²) < 4.78 is 7.19. The number of carboxylic acid groups (broad SMARTS) is 1. The lowest BCUT2D eigenvalue weighted by atomic mass is 10.0. The number of ether oxygens (including phenoxy) is 1. The van der Waals surface area contributed by atoms with E-state index in [9.17, 15) is 19.9 Å². The van der Waals surface area contributed by atoms with E-state index in [4.69, 9.17) is 4.74 Å². The molecule has 0 radical (unpaired) electrons. The largest absolute Gasteiger partial charge is 0.616 e. The van der Waals surface area contributed by atoms with Crippen molar-refractivity contribution in [3.63, 3.8) is 0 Å². The zero-order valence-electron chi connectivity index (χ0n) is 15.6. The van der Waals surface area contributed by atoms with Gasteiger partial charge in [0.1, 0.15) is 0 Å². The van der Waals surface area contributed by atoms with E-state index >= 15 is 0 Å². The highest BCUT2D eigenvalue weighted by molar-refractivity contribution is 6.09. The number of benzene rings is 1. The van der Waals surface area contributed by atoms with Crippen molar-refractivity contribution in [1.29, 1.82) is 0 Å². The number of aromatic nitrogens is 3. The maximum absolute atomic E-state index is 12.8. The summed E-state index contributed by atoms with van der Waals surface area (Å²) in [6.07, 6.45) is 1.89. The van der Waals surface area contributed by atoms with Crippen LogP contribution >= 0.6 is 0 Å². The van der Waals surface area contributed by atoms with Crippen LogP contribution in [0, 0.1) is 11.1 Å². The molecule has 2 heterocycles. The number of carboxylic acids is 1. The topological polar surface area (TPSA) is 111 Å². The molecule has 0 aliphatic rings. The fraction of sp³-hybridized carbons (Fsp3) is 0.316. The fourth-order valence-electron chi connectivity index (χ4n) is 3.33. The van der Waals surface area contributed by atoms with Crippen molar-refractivity contribution in [2.45, 2.75) is 20.3 Å². The van der Waals surface area contributed by atoms with Crippen LogP contribution in [0.2, 0.25) is 0 Å². The molecule has 0 fully saturated rings. The normalized spacial score (nSPS) is 11.3. The lowest BCUT2D eigenvalue weighted by Crippen LogP contribution is -2.44. The molecule has 0 spiro atoms. The van der Waals surface area contributed by atoms with Crippen molar-refractivity contribution in [1.82, 2.24) is 9.55 Å². The van der Waals surface area contributed by atoms with Crippen molar-refractivity contribution in [2.75, 3.05) is 7.11 Å². The second kappa shape index (κ2) is 6.79. The molecule has 0 unspecified atom stereocenters. The molecule has 0 saturated heterocycles. The summed E-state index contributed by atoms with van der Waals surface area (Å²) in [6.45, 7) is 3.83. The number of aromatic carboxylic acids is 1. The molecular formula is C19H21N3O5. The number of H-pyrrole nitrogens is 1. The molecule has 3 aromatic rings. The van der Waals surface area contributed by atoms with E-state index < -0.39 is 11.5 Å². The number of carbonyl (C=O) groups is 1. The summed E-state index contributed by atoms with van der Waals surface area (Å²) in [6, 6.07) is 4.83. The maximum Gasteiger partial charge on any atom is 0.404 e. The van der Waals surface area contributed by atoms with Crippen molar-refractivity contribution >= 4 is 16.9 Å². The first kappa shape index (κ1) is 18.5. The minimum atomic E-state index is -1.10. The van der Waals surface area contributed by atoms with Gasteiger partial charge in [-0.1, -0.05) is 19.9 Å². The highest BCUT2D eigenvalue weighted by Crippen LogP contribution is 2.34. The van der Waals surface area contributed by atoms with Crippen LogP contribution in [0.15, 0.2) is 29.2 Å². The lowest BCUT2D eigenvalue weighted by molar-refractivity contribution is -0.622. The Morgan fingerprint density at radius 2 is 2.11 bits per heavy atom. The van der Waals surface area contributed by atoms with Gasteiger partial charge < -0.3 is 20.0 Å². The molecule has 8 nitrogen and oxygen atoms in total. The number of nitrogens with one attached hydrogen (secondary N) is 1.